The molecule has 3 rings (SSSR count). The molecule has 2 aromatic heterocycles. The van der Waals surface area contributed by atoms with E-state index in [1.165, 1.54) is 0 Å². The summed E-state index contributed by atoms with van der Waals surface area (Å²) in [4.78, 5) is 30.8. The van der Waals surface area contributed by atoms with Gasteiger partial charge in [0.2, 0.25) is 6.41 Å². The third-order valence-corrected chi connectivity index (χ3v) is 3.51. The second-order valence-electron chi connectivity index (χ2n) is 4.82. The number of rotatable bonds is 2. The molecule has 7 nitrogen and oxygen atoms in total. The van der Waals surface area contributed by atoms with E-state index in [1.807, 2.05) is 6.92 Å². The second-order valence-corrected chi connectivity index (χ2v) is 4.82. The standard InChI is InChI=1S/C13H15N5O2/c1-10-8-11(15-12-2-3-14-18(10)12)13(20)17-6-4-16(9-19)5-7-17/h2-3,8-9H,4-7H2,1H3. The lowest BCUT2D eigenvalue weighted by Crippen LogP contribution is -2.48. The molecule has 1 fully saturated rings. The van der Waals surface area contributed by atoms with Gasteiger partial charge in [-0.25, -0.2) is 9.50 Å². The number of carbonyl (C=O) groups is 2. The number of aryl methyl sites for hydroxylation is 1. The quantitative estimate of drug-likeness (QED) is 0.719. The molecule has 0 saturated carbocycles. The summed E-state index contributed by atoms with van der Waals surface area (Å²) in [6, 6.07) is 3.52. The Labute approximate surface area is 115 Å². The van der Waals surface area contributed by atoms with Crippen LogP contribution in [0.25, 0.3) is 5.65 Å². The van der Waals surface area contributed by atoms with Gasteiger partial charge in [0.25, 0.3) is 5.91 Å². The molecule has 2 aromatic rings. The Balaban J connectivity index is 1.83. The third kappa shape index (κ3) is 2.11. The van der Waals surface area contributed by atoms with Crippen molar-refractivity contribution in [2.24, 2.45) is 0 Å². The number of hydrogen-bond acceptors (Lipinski definition) is 4. The van der Waals surface area contributed by atoms with Gasteiger partial charge in [-0.15, -0.1) is 0 Å². The maximum Gasteiger partial charge on any atom is 0.272 e. The molecule has 1 aliphatic rings. The fraction of sp³-hybridized carbons (Fsp3) is 0.385. The Morgan fingerprint density at radius 1 is 1.30 bits per heavy atom. The van der Waals surface area contributed by atoms with Crippen LogP contribution in [0.2, 0.25) is 0 Å². The van der Waals surface area contributed by atoms with Crippen LogP contribution in [0.5, 0.6) is 0 Å². The predicted molar refractivity (Wildman–Crippen MR) is 71.3 cm³/mol. The van der Waals surface area contributed by atoms with Crippen molar-refractivity contribution in [1.29, 1.82) is 0 Å². The maximum absolute atomic E-state index is 12.4. The summed E-state index contributed by atoms with van der Waals surface area (Å²) < 4.78 is 1.70. The van der Waals surface area contributed by atoms with Gasteiger partial charge >= 0.3 is 0 Å². The van der Waals surface area contributed by atoms with Crippen molar-refractivity contribution in [2.75, 3.05) is 26.2 Å². The van der Waals surface area contributed by atoms with Gasteiger partial charge in [-0.05, 0) is 13.0 Å². The summed E-state index contributed by atoms with van der Waals surface area (Å²) in [6.45, 7) is 4.13. The number of fused-ring (bicyclic) bond motifs is 1. The van der Waals surface area contributed by atoms with E-state index in [1.54, 1.807) is 32.6 Å². The van der Waals surface area contributed by atoms with Crippen LogP contribution in [-0.4, -0.2) is 62.9 Å². The van der Waals surface area contributed by atoms with Crippen LogP contribution in [-0.2, 0) is 4.79 Å². The van der Waals surface area contributed by atoms with Crippen molar-refractivity contribution in [3.63, 3.8) is 0 Å². The molecule has 0 spiro atoms. The third-order valence-electron chi connectivity index (χ3n) is 3.51. The van der Waals surface area contributed by atoms with Gasteiger partial charge in [-0.2, -0.15) is 5.10 Å². The second kappa shape index (κ2) is 4.92. The van der Waals surface area contributed by atoms with E-state index in [0.29, 0.717) is 37.5 Å². The number of piperazine rings is 1. The maximum atomic E-state index is 12.4. The summed E-state index contributed by atoms with van der Waals surface area (Å²) in [5.74, 6) is -0.0950. The van der Waals surface area contributed by atoms with Crippen LogP contribution in [0.15, 0.2) is 18.3 Å². The SMILES string of the molecule is Cc1cc(C(=O)N2CCN(C=O)CC2)nc2ccnn12. The molecule has 20 heavy (non-hydrogen) atoms. The monoisotopic (exact) mass is 273 g/mol. The number of hydrogen-bond donors (Lipinski definition) is 0. The van der Waals surface area contributed by atoms with Gasteiger partial charge in [-0.3, -0.25) is 9.59 Å². The van der Waals surface area contributed by atoms with E-state index in [0.717, 1.165) is 12.1 Å². The van der Waals surface area contributed by atoms with Crippen molar-refractivity contribution < 1.29 is 9.59 Å². The molecule has 1 saturated heterocycles. The van der Waals surface area contributed by atoms with Gasteiger partial charge in [0.05, 0.1) is 6.20 Å². The predicted octanol–water partition coefficient (Wildman–Crippen LogP) is -0.0481. The normalized spacial score (nSPS) is 15.7. The minimum absolute atomic E-state index is 0.0950. The molecule has 0 aliphatic carbocycles. The highest BCUT2D eigenvalue weighted by Gasteiger charge is 2.22. The Hall–Kier alpha value is -2.44. The van der Waals surface area contributed by atoms with Crippen molar-refractivity contribution in [2.45, 2.75) is 6.92 Å². The van der Waals surface area contributed by atoms with E-state index in [-0.39, 0.29) is 5.91 Å². The molecular formula is C13H15N5O2. The first-order valence-corrected chi connectivity index (χ1v) is 6.49. The van der Waals surface area contributed by atoms with Gasteiger partial charge in [0.15, 0.2) is 5.65 Å². The molecule has 0 aromatic carbocycles. The molecule has 2 amide bonds. The van der Waals surface area contributed by atoms with Crippen molar-refractivity contribution in [1.82, 2.24) is 24.4 Å². The average Bonchev–Trinajstić information content (AvgIpc) is 2.95. The Kier molecular flexibility index (Phi) is 3.09. The van der Waals surface area contributed by atoms with Crippen molar-refractivity contribution in [3.05, 3.63) is 29.7 Å². The number of amides is 2. The Morgan fingerprint density at radius 2 is 2.05 bits per heavy atom. The van der Waals surface area contributed by atoms with Gasteiger partial charge in [0.1, 0.15) is 5.69 Å². The lowest BCUT2D eigenvalue weighted by molar-refractivity contribution is -0.119. The highest BCUT2D eigenvalue weighted by Crippen LogP contribution is 2.10. The van der Waals surface area contributed by atoms with Crippen LogP contribution in [0.1, 0.15) is 16.2 Å². The van der Waals surface area contributed by atoms with Crippen LogP contribution >= 0.6 is 0 Å². The van der Waals surface area contributed by atoms with E-state index < -0.39 is 0 Å². The zero-order chi connectivity index (χ0) is 14.1. The molecule has 7 heteroatoms. The van der Waals surface area contributed by atoms with E-state index in [9.17, 15) is 9.59 Å². The van der Waals surface area contributed by atoms with Crippen LogP contribution in [0, 0.1) is 6.92 Å². The van der Waals surface area contributed by atoms with Gasteiger partial charge in [-0.1, -0.05) is 0 Å². The van der Waals surface area contributed by atoms with Crippen LogP contribution in [0.4, 0.5) is 0 Å². The highest BCUT2D eigenvalue weighted by molar-refractivity contribution is 5.93. The molecule has 0 atom stereocenters. The lowest BCUT2D eigenvalue weighted by Gasteiger charge is -2.32. The summed E-state index contributed by atoms with van der Waals surface area (Å²) in [5, 5.41) is 4.14. The number of aromatic nitrogens is 3. The van der Waals surface area contributed by atoms with Gasteiger partial charge in [0, 0.05) is 37.9 Å². The minimum atomic E-state index is -0.0950. The summed E-state index contributed by atoms with van der Waals surface area (Å²) >= 11 is 0. The smallest absolute Gasteiger partial charge is 0.272 e. The summed E-state index contributed by atoms with van der Waals surface area (Å²) in [6.07, 6.45) is 2.48. The van der Waals surface area contributed by atoms with E-state index >= 15 is 0 Å². The highest BCUT2D eigenvalue weighted by atomic mass is 16.2. The molecule has 0 bridgehead atoms. The van der Waals surface area contributed by atoms with Crippen LogP contribution < -0.4 is 0 Å². The van der Waals surface area contributed by atoms with E-state index in [2.05, 4.69) is 10.1 Å². The van der Waals surface area contributed by atoms with E-state index in [4.69, 9.17) is 0 Å². The molecule has 0 N–H and O–H groups in total. The minimum Gasteiger partial charge on any atom is -0.342 e. The fourth-order valence-electron chi connectivity index (χ4n) is 2.37. The molecule has 1 aliphatic heterocycles. The van der Waals surface area contributed by atoms with Crippen LogP contribution in [0.3, 0.4) is 0 Å². The van der Waals surface area contributed by atoms with Gasteiger partial charge < -0.3 is 9.80 Å². The summed E-state index contributed by atoms with van der Waals surface area (Å²) in [5.41, 5.74) is 1.96. The zero-order valence-electron chi connectivity index (χ0n) is 11.2. The number of carbonyl (C=O) groups excluding carboxylic acids is 2. The molecule has 104 valence electrons. The van der Waals surface area contributed by atoms with Crippen molar-refractivity contribution >= 4 is 18.0 Å². The lowest BCUT2D eigenvalue weighted by atomic mass is 10.2. The Morgan fingerprint density at radius 3 is 2.75 bits per heavy atom. The first-order chi connectivity index (χ1) is 9.69. The molecule has 3 heterocycles. The topological polar surface area (TPSA) is 70.8 Å². The molecule has 0 radical (unpaired) electrons. The molecular weight excluding hydrogens is 258 g/mol. The largest absolute Gasteiger partial charge is 0.342 e. The fourth-order valence-corrected chi connectivity index (χ4v) is 2.37. The van der Waals surface area contributed by atoms with Crippen molar-refractivity contribution in [3.8, 4) is 0 Å². The Bertz CT molecular complexity index is 658. The summed E-state index contributed by atoms with van der Waals surface area (Å²) in [7, 11) is 0. The average molecular weight is 273 g/mol. The first-order valence-electron chi connectivity index (χ1n) is 6.49. The molecule has 0 unspecified atom stereocenters. The zero-order valence-corrected chi connectivity index (χ0v) is 11.2. The number of nitrogens with zero attached hydrogens (tertiary/aromatic N) is 5. The first kappa shape index (κ1) is 12.6.